The maximum atomic E-state index is 12.1. The number of rotatable bonds is 5. The summed E-state index contributed by atoms with van der Waals surface area (Å²) < 4.78 is 7.17. The number of benzene rings is 1. The first kappa shape index (κ1) is 15.9. The van der Waals surface area contributed by atoms with Gasteiger partial charge in [0.05, 0.1) is 5.69 Å². The Morgan fingerprint density at radius 1 is 1.17 bits per heavy atom. The van der Waals surface area contributed by atoms with Gasteiger partial charge in [-0.3, -0.25) is 14.0 Å². The van der Waals surface area contributed by atoms with Crippen LogP contribution in [0.5, 0.6) is 5.75 Å². The van der Waals surface area contributed by atoms with Crippen LogP contribution < -0.4 is 10.3 Å². The molecule has 0 radical (unpaired) electrons. The lowest BCUT2D eigenvalue weighted by Crippen LogP contribution is -2.16. The average molecular weight is 322 g/mol. The van der Waals surface area contributed by atoms with Crippen LogP contribution in [0.3, 0.4) is 0 Å². The molecule has 2 heterocycles. The van der Waals surface area contributed by atoms with Gasteiger partial charge < -0.3 is 4.74 Å². The molecule has 3 rings (SSSR count). The molecular weight excluding hydrogens is 304 g/mol. The molecular formula is C19H18N2O3. The molecule has 0 aliphatic rings. The van der Waals surface area contributed by atoms with Crippen molar-refractivity contribution < 1.29 is 9.53 Å². The number of Topliss-reactive ketones (excluding diaryl/α,β-unsaturated/α-hetero) is 1. The van der Waals surface area contributed by atoms with Gasteiger partial charge in [0.15, 0.2) is 5.78 Å². The summed E-state index contributed by atoms with van der Waals surface area (Å²) in [6.45, 7) is 3.98. The largest absolute Gasteiger partial charge is 0.487 e. The number of ketones is 1. The number of carbonyl (C=O) groups excluding carboxylic acids is 1. The number of hydrogen-bond acceptors (Lipinski definition) is 4. The highest BCUT2D eigenvalue weighted by Gasteiger charge is 2.05. The van der Waals surface area contributed by atoms with Crippen molar-refractivity contribution in [3.63, 3.8) is 0 Å². The Balaban J connectivity index is 1.78. The minimum atomic E-state index is -0.137. The highest BCUT2D eigenvalue weighted by Crippen LogP contribution is 2.15. The summed E-state index contributed by atoms with van der Waals surface area (Å²) in [5, 5.41) is 0. The van der Waals surface area contributed by atoms with E-state index in [1.54, 1.807) is 30.5 Å². The Kier molecular flexibility index (Phi) is 4.42. The monoisotopic (exact) mass is 322 g/mol. The standard InChI is InChI=1S/C19H18N2O3/c1-3-17(22)14-4-6-16(7-5-14)24-12-15-11-19(23)21-9-8-13(2)10-18(21)20-15/h4-11H,3,12H2,1-2H3. The fourth-order valence-electron chi connectivity index (χ4n) is 2.43. The van der Waals surface area contributed by atoms with Gasteiger partial charge in [-0.1, -0.05) is 6.92 Å². The first-order valence-corrected chi connectivity index (χ1v) is 7.82. The second kappa shape index (κ2) is 6.66. The molecule has 0 unspecified atom stereocenters. The molecule has 0 atom stereocenters. The molecule has 5 nitrogen and oxygen atoms in total. The normalized spacial score (nSPS) is 10.8. The Morgan fingerprint density at radius 2 is 1.92 bits per heavy atom. The van der Waals surface area contributed by atoms with Crippen molar-refractivity contribution in [3.05, 3.63) is 75.8 Å². The van der Waals surface area contributed by atoms with E-state index in [0.717, 1.165) is 5.56 Å². The Bertz CT molecular complexity index is 943. The van der Waals surface area contributed by atoms with Crippen LogP contribution in [0.25, 0.3) is 5.65 Å². The molecule has 3 aromatic rings. The molecule has 1 aromatic carbocycles. The van der Waals surface area contributed by atoms with Gasteiger partial charge in [-0.15, -0.1) is 0 Å². The van der Waals surface area contributed by atoms with Crippen molar-refractivity contribution in [2.75, 3.05) is 0 Å². The third-order valence-corrected chi connectivity index (χ3v) is 3.76. The van der Waals surface area contributed by atoms with Gasteiger partial charge in [0.25, 0.3) is 5.56 Å². The molecule has 24 heavy (non-hydrogen) atoms. The lowest BCUT2D eigenvalue weighted by Gasteiger charge is -2.08. The predicted octanol–water partition coefficient (Wildman–Crippen LogP) is 3.17. The maximum absolute atomic E-state index is 12.1. The van der Waals surface area contributed by atoms with E-state index in [4.69, 9.17) is 4.74 Å². The molecule has 0 N–H and O–H groups in total. The van der Waals surface area contributed by atoms with Crippen LogP contribution in [0.15, 0.2) is 53.5 Å². The van der Waals surface area contributed by atoms with Crippen molar-refractivity contribution in [2.45, 2.75) is 26.9 Å². The van der Waals surface area contributed by atoms with E-state index in [1.807, 2.05) is 26.0 Å². The summed E-state index contributed by atoms with van der Waals surface area (Å²) >= 11 is 0. The van der Waals surface area contributed by atoms with E-state index >= 15 is 0 Å². The van der Waals surface area contributed by atoms with E-state index in [-0.39, 0.29) is 17.9 Å². The van der Waals surface area contributed by atoms with Gasteiger partial charge >= 0.3 is 0 Å². The summed E-state index contributed by atoms with van der Waals surface area (Å²) in [5.41, 5.74) is 2.74. The van der Waals surface area contributed by atoms with Gasteiger partial charge in [0.1, 0.15) is 18.0 Å². The highest BCUT2D eigenvalue weighted by atomic mass is 16.5. The van der Waals surface area contributed by atoms with Crippen LogP contribution in [0, 0.1) is 6.92 Å². The third kappa shape index (κ3) is 3.35. The number of pyridine rings is 1. The van der Waals surface area contributed by atoms with Crippen LogP contribution in [-0.2, 0) is 6.61 Å². The van der Waals surface area contributed by atoms with E-state index in [1.165, 1.54) is 10.5 Å². The van der Waals surface area contributed by atoms with Gasteiger partial charge in [-0.25, -0.2) is 4.98 Å². The summed E-state index contributed by atoms with van der Waals surface area (Å²) in [7, 11) is 0. The first-order valence-electron chi connectivity index (χ1n) is 7.82. The molecule has 0 aliphatic carbocycles. The quantitative estimate of drug-likeness (QED) is 0.677. The molecule has 122 valence electrons. The fraction of sp³-hybridized carbons (Fsp3) is 0.211. The molecule has 5 heteroatoms. The zero-order valence-electron chi connectivity index (χ0n) is 13.7. The number of fused-ring (bicyclic) bond motifs is 1. The maximum Gasteiger partial charge on any atom is 0.258 e. The molecule has 2 aromatic heterocycles. The van der Waals surface area contributed by atoms with Gasteiger partial charge in [-0.2, -0.15) is 0 Å². The Hall–Kier alpha value is -2.95. The van der Waals surface area contributed by atoms with Crippen molar-refractivity contribution in [3.8, 4) is 5.75 Å². The van der Waals surface area contributed by atoms with Crippen molar-refractivity contribution in [2.24, 2.45) is 0 Å². The fourth-order valence-corrected chi connectivity index (χ4v) is 2.43. The van der Waals surface area contributed by atoms with E-state index in [9.17, 15) is 9.59 Å². The zero-order chi connectivity index (χ0) is 17.1. The second-order valence-electron chi connectivity index (χ2n) is 5.61. The topological polar surface area (TPSA) is 60.7 Å². The number of nitrogens with zero attached hydrogens (tertiary/aromatic N) is 2. The SMILES string of the molecule is CCC(=O)c1ccc(OCc2cc(=O)n3ccc(C)cc3n2)cc1. The molecule has 0 bridgehead atoms. The highest BCUT2D eigenvalue weighted by molar-refractivity contribution is 5.95. The summed E-state index contributed by atoms with van der Waals surface area (Å²) in [6, 6.07) is 12.2. The van der Waals surface area contributed by atoms with Crippen molar-refractivity contribution >= 4 is 11.4 Å². The molecule has 0 aliphatic heterocycles. The minimum absolute atomic E-state index is 0.0983. The van der Waals surface area contributed by atoms with Gasteiger partial charge in [-0.05, 0) is 48.9 Å². The number of carbonyl (C=O) groups is 1. The number of aryl methyl sites for hydroxylation is 1. The smallest absolute Gasteiger partial charge is 0.258 e. The van der Waals surface area contributed by atoms with Crippen molar-refractivity contribution in [1.29, 1.82) is 0 Å². The molecule has 0 saturated carbocycles. The van der Waals surface area contributed by atoms with E-state index in [0.29, 0.717) is 29.1 Å². The Morgan fingerprint density at radius 3 is 2.62 bits per heavy atom. The van der Waals surface area contributed by atoms with E-state index in [2.05, 4.69) is 4.98 Å². The molecule has 0 amide bonds. The van der Waals surface area contributed by atoms with Crippen LogP contribution in [0.1, 0.15) is 35.0 Å². The molecule has 0 fully saturated rings. The van der Waals surface area contributed by atoms with Crippen LogP contribution in [0.2, 0.25) is 0 Å². The average Bonchev–Trinajstić information content (AvgIpc) is 2.59. The zero-order valence-corrected chi connectivity index (χ0v) is 13.7. The third-order valence-electron chi connectivity index (χ3n) is 3.76. The Labute approximate surface area is 139 Å². The number of aromatic nitrogens is 2. The second-order valence-corrected chi connectivity index (χ2v) is 5.61. The van der Waals surface area contributed by atoms with Gasteiger partial charge in [0, 0.05) is 24.2 Å². The molecule has 0 spiro atoms. The lowest BCUT2D eigenvalue weighted by molar-refractivity contribution is 0.0988. The van der Waals surface area contributed by atoms with Crippen LogP contribution in [0.4, 0.5) is 0 Å². The number of ether oxygens (including phenoxy) is 1. The van der Waals surface area contributed by atoms with E-state index < -0.39 is 0 Å². The summed E-state index contributed by atoms with van der Waals surface area (Å²) in [6.07, 6.45) is 2.19. The van der Waals surface area contributed by atoms with Crippen LogP contribution in [-0.4, -0.2) is 15.2 Å². The molecule has 0 saturated heterocycles. The summed E-state index contributed by atoms with van der Waals surface area (Å²) in [5.74, 6) is 0.732. The summed E-state index contributed by atoms with van der Waals surface area (Å²) in [4.78, 5) is 28.2. The van der Waals surface area contributed by atoms with Gasteiger partial charge in [0.2, 0.25) is 0 Å². The predicted molar refractivity (Wildman–Crippen MR) is 91.6 cm³/mol. The van der Waals surface area contributed by atoms with Crippen molar-refractivity contribution in [1.82, 2.24) is 9.38 Å². The lowest BCUT2D eigenvalue weighted by atomic mass is 10.1. The van der Waals surface area contributed by atoms with Crippen LogP contribution >= 0.6 is 0 Å². The first-order chi connectivity index (χ1) is 11.6. The minimum Gasteiger partial charge on any atom is -0.487 e. The number of hydrogen-bond donors (Lipinski definition) is 0.